The number of rotatable bonds is 8. The van der Waals surface area contributed by atoms with E-state index in [4.69, 9.17) is 19.4 Å². The van der Waals surface area contributed by atoms with Crippen molar-refractivity contribution in [2.24, 2.45) is 0 Å². The molecule has 0 unspecified atom stereocenters. The Kier molecular flexibility index (Phi) is 7.98. The molecule has 4 rings (SSSR count). The smallest absolute Gasteiger partial charge is 0.339 e. The third kappa shape index (κ3) is 5.73. The number of esters is 2. The van der Waals surface area contributed by atoms with Gasteiger partial charge in [-0.2, -0.15) is 0 Å². The molecule has 0 fully saturated rings. The average molecular weight is 479 g/mol. The minimum absolute atomic E-state index is 0.0791. The summed E-state index contributed by atoms with van der Waals surface area (Å²) in [5, 5.41) is 0. The van der Waals surface area contributed by atoms with Gasteiger partial charge in [0.1, 0.15) is 0 Å². The summed E-state index contributed by atoms with van der Waals surface area (Å²) < 4.78 is 10.4. The molecule has 36 heavy (non-hydrogen) atoms. The van der Waals surface area contributed by atoms with Gasteiger partial charge in [-0.1, -0.05) is 72.8 Å². The second-order valence-corrected chi connectivity index (χ2v) is 7.77. The van der Waals surface area contributed by atoms with Gasteiger partial charge in [-0.05, 0) is 43.2 Å². The van der Waals surface area contributed by atoms with Gasteiger partial charge in [0.2, 0.25) is 0 Å². The molecule has 0 N–H and O–H groups in total. The number of carbonyl (C=O) groups excluding carboxylic acids is 2. The van der Waals surface area contributed by atoms with E-state index >= 15 is 0 Å². The van der Waals surface area contributed by atoms with Crippen LogP contribution in [0.3, 0.4) is 0 Å². The summed E-state index contributed by atoms with van der Waals surface area (Å²) in [5.41, 5.74) is 4.82. The normalized spacial score (nSPS) is 11.8. The lowest BCUT2D eigenvalue weighted by Crippen LogP contribution is -2.13. The predicted octanol–water partition coefficient (Wildman–Crippen LogP) is 5.89. The number of ether oxygens (including phenoxy) is 2. The zero-order valence-electron chi connectivity index (χ0n) is 20.2. The molecule has 0 aliphatic rings. The molecular formula is C30H26N2O4. The molecule has 6 heteroatoms. The van der Waals surface area contributed by atoms with Crippen LogP contribution in [0.15, 0.2) is 96.6 Å². The van der Waals surface area contributed by atoms with Crippen LogP contribution in [0.5, 0.6) is 0 Å². The van der Waals surface area contributed by atoms with Crippen LogP contribution in [0.2, 0.25) is 0 Å². The topological polar surface area (TPSA) is 78.4 Å². The van der Waals surface area contributed by atoms with E-state index in [1.165, 1.54) is 6.08 Å². The largest absolute Gasteiger partial charge is 0.463 e. The van der Waals surface area contributed by atoms with Crippen molar-refractivity contribution in [3.63, 3.8) is 0 Å². The molecule has 1 heterocycles. The minimum atomic E-state index is -0.629. The molecule has 1 aromatic heterocycles. The predicted molar refractivity (Wildman–Crippen MR) is 141 cm³/mol. The summed E-state index contributed by atoms with van der Waals surface area (Å²) in [6.07, 6.45) is 2.95. The van der Waals surface area contributed by atoms with Gasteiger partial charge in [-0.3, -0.25) is 0 Å². The van der Waals surface area contributed by atoms with Gasteiger partial charge in [0, 0.05) is 11.6 Å². The van der Waals surface area contributed by atoms with Gasteiger partial charge < -0.3 is 9.47 Å². The summed E-state index contributed by atoms with van der Waals surface area (Å²) in [4.78, 5) is 35.3. The molecule has 0 amide bonds. The summed E-state index contributed by atoms with van der Waals surface area (Å²) >= 11 is 0. The Bertz CT molecular complexity index is 1430. The third-order valence-corrected chi connectivity index (χ3v) is 5.34. The van der Waals surface area contributed by atoms with Crippen LogP contribution in [-0.2, 0) is 19.1 Å². The van der Waals surface area contributed by atoms with Crippen LogP contribution in [0.4, 0.5) is 0 Å². The fourth-order valence-corrected chi connectivity index (χ4v) is 3.75. The van der Waals surface area contributed by atoms with Crippen LogP contribution in [0.1, 0.15) is 25.1 Å². The van der Waals surface area contributed by atoms with E-state index in [1.54, 1.807) is 19.9 Å². The number of carbonyl (C=O) groups is 2. The highest BCUT2D eigenvalue weighted by Gasteiger charge is 2.21. The highest BCUT2D eigenvalue weighted by atomic mass is 16.5. The zero-order valence-corrected chi connectivity index (χ0v) is 20.2. The molecule has 180 valence electrons. The lowest BCUT2D eigenvalue weighted by atomic mass is 9.95. The molecular weight excluding hydrogens is 452 g/mol. The van der Waals surface area contributed by atoms with Crippen LogP contribution in [-0.4, -0.2) is 35.1 Å². The summed E-state index contributed by atoms with van der Waals surface area (Å²) in [7, 11) is 0. The summed E-state index contributed by atoms with van der Waals surface area (Å²) in [5.74, 6) is -1.26. The van der Waals surface area contributed by atoms with Crippen LogP contribution in [0.25, 0.3) is 33.9 Å². The molecule has 4 aromatic rings. The van der Waals surface area contributed by atoms with E-state index in [2.05, 4.69) is 0 Å². The monoisotopic (exact) mass is 478 g/mol. The molecule has 0 aliphatic carbocycles. The molecule has 0 radical (unpaired) electrons. The van der Waals surface area contributed by atoms with Crippen molar-refractivity contribution in [3.05, 3.63) is 108 Å². The van der Waals surface area contributed by atoms with E-state index in [0.717, 1.165) is 16.6 Å². The standard InChI is InChI=1S/C30H26N2O4/c1-3-35-28(33)20-24(30(34)36-4-2)23(21-13-7-5-8-14-21)19-27-29(22-15-9-6-10-16-22)32-26-18-12-11-17-25(26)31-27/h5-20H,3-4H2,1-2H3/b23-19+,24-20-. The molecule has 0 saturated heterocycles. The number of aromatic nitrogens is 2. The maximum atomic E-state index is 13.1. The lowest BCUT2D eigenvalue weighted by Gasteiger charge is -2.14. The van der Waals surface area contributed by atoms with Crippen molar-refractivity contribution in [2.75, 3.05) is 13.2 Å². The zero-order chi connectivity index (χ0) is 25.3. The van der Waals surface area contributed by atoms with Crippen molar-refractivity contribution in [1.82, 2.24) is 9.97 Å². The van der Waals surface area contributed by atoms with Crippen LogP contribution in [0, 0.1) is 0 Å². The Hall–Kier alpha value is -4.58. The Labute approximate surface area is 209 Å². The number of para-hydroxylation sites is 2. The Morgan fingerprint density at radius 1 is 0.750 bits per heavy atom. The van der Waals surface area contributed by atoms with Gasteiger partial charge >= 0.3 is 11.9 Å². The van der Waals surface area contributed by atoms with Gasteiger partial charge in [0.25, 0.3) is 0 Å². The van der Waals surface area contributed by atoms with Gasteiger partial charge in [0.15, 0.2) is 0 Å². The highest BCUT2D eigenvalue weighted by Crippen LogP contribution is 2.31. The molecule has 0 spiro atoms. The fraction of sp³-hybridized carbons (Fsp3) is 0.133. The molecule has 0 saturated carbocycles. The third-order valence-electron chi connectivity index (χ3n) is 5.34. The highest BCUT2D eigenvalue weighted by molar-refractivity contribution is 6.14. The van der Waals surface area contributed by atoms with E-state index in [1.807, 2.05) is 84.9 Å². The first-order chi connectivity index (χ1) is 17.6. The second-order valence-electron chi connectivity index (χ2n) is 7.77. The minimum Gasteiger partial charge on any atom is -0.463 e. The van der Waals surface area contributed by atoms with Crippen LogP contribution < -0.4 is 0 Å². The molecule has 0 bridgehead atoms. The fourth-order valence-electron chi connectivity index (χ4n) is 3.75. The summed E-state index contributed by atoms with van der Waals surface area (Å²) in [6, 6.07) is 26.6. The maximum Gasteiger partial charge on any atom is 0.339 e. The first kappa shape index (κ1) is 24.5. The molecule has 0 atom stereocenters. The summed E-state index contributed by atoms with van der Waals surface area (Å²) in [6.45, 7) is 3.77. The van der Waals surface area contributed by atoms with Gasteiger partial charge in [0.05, 0.1) is 41.2 Å². The van der Waals surface area contributed by atoms with E-state index in [0.29, 0.717) is 22.5 Å². The number of benzene rings is 3. The number of hydrogen-bond donors (Lipinski definition) is 0. The van der Waals surface area contributed by atoms with Crippen molar-refractivity contribution in [2.45, 2.75) is 13.8 Å². The maximum absolute atomic E-state index is 13.1. The van der Waals surface area contributed by atoms with Gasteiger partial charge in [-0.15, -0.1) is 0 Å². The van der Waals surface area contributed by atoms with Crippen molar-refractivity contribution in [1.29, 1.82) is 0 Å². The number of hydrogen-bond acceptors (Lipinski definition) is 6. The number of fused-ring (bicyclic) bond motifs is 1. The first-order valence-corrected chi connectivity index (χ1v) is 11.8. The molecule has 3 aromatic carbocycles. The van der Waals surface area contributed by atoms with E-state index in [-0.39, 0.29) is 18.8 Å². The quantitative estimate of drug-likeness (QED) is 0.179. The Morgan fingerprint density at radius 3 is 1.97 bits per heavy atom. The number of nitrogens with zero attached hydrogens (tertiary/aromatic N) is 2. The second kappa shape index (κ2) is 11.7. The van der Waals surface area contributed by atoms with Crippen LogP contribution >= 0.6 is 0 Å². The lowest BCUT2D eigenvalue weighted by molar-refractivity contribution is -0.140. The van der Waals surface area contributed by atoms with Crippen molar-refractivity contribution < 1.29 is 19.1 Å². The van der Waals surface area contributed by atoms with E-state index < -0.39 is 11.9 Å². The first-order valence-electron chi connectivity index (χ1n) is 11.8. The SMILES string of the molecule is CCOC(=O)/C=C(C(=O)OCC)/C(=C/c1nc2ccccc2nc1-c1ccccc1)c1ccccc1. The Morgan fingerprint density at radius 2 is 1.33 bits per heavy atom. The molecule has 0 aliphatic heterocycles. The van der Waals surface area contributed by atoms with E-state index in [9.17, 15) is 9.59 Å². The Balaban J connectivity index is 2.01. The van der Waals surface area contributed by atoms with Crippen molar-refractivity contribution >= 4 is 34.6 Å². The average Bonchev–Trinajstić information content (AvgIpc) is 2.91. The molecule has 6 nitrogen and oxygen atoms in total. The van der Waals surface area contributed by atoms with Crippen molar-refractivity contribution in [3.8, 4) is 11.3 Å². The van der Waals surface area contributed by atoms with Gasteiger partial charge in [-0.25, -0.2) is 19.6 Å².